The molecule has 2 aromatic heterocycles. The average molecular weight is 622 g/mol. The molecule has 1 unspecified atom stereocenters. The molecule has 0 aliphatic heterocycles. The zero-order chi connectivity index (χ0) is 31.1. The highest BCUT2D eigenvalue weighted by atomic mass is 32.2. The second-order valence-corrected chi connectivity index (χ2v) is 13.9. The number of hydrogen-bond acceptors (Lipinski definition) is 8. The summed E-state index contributed by atoms with van der Waals surface area (Å²) in [6, 6.07) is 3.99. The van der Waals surface area contributed by atoms with E-state index in [1.165, 1.54) is 16.8 Å². The predicted octanol–water partition coefficient (Wildman–Crippen LogP) is 5.04. The first-order valence-electron chi connectivity index (χ1n) is 14.6. The highest BCUT2D eigenvalue weighted by molar-refractivity contribution is 7.92. The third-order valence-electron chi connectivity index (χ3n) is 8.50. The van der Waals surface area contributed by atoms with Crippen LogP contribution in [0.5, 0.6) is 0 Å². The van der Waals surface area contributed by atoms with Crippen LogP contribution in [0.1, 0.15) is 64.8 Å². The maximum atomic E-state index is 15.1. The van der Waals surface area contributed by atoms with E-state index < -0.39 is 44.7 Å². The first-order chi connectivity index (χ1) is 20.2. The van der Waals surface area contributed by atoms with Crippen molar-refractivity contribution < 1.29 is 21.6 Å². The number of alkyl halides is 2. The highest BCUT2D eigenvalue weighted by Crippen LogP contribution is 2.41. The Morgan fingerprint density at radius 3 is 2.44 bits per heavy atom. The van der Waals surface area contributed by atoms with Crippen LogP contribution in [0.25, 0.3) is 22.4 Å². The van der Waals surface area contributed by atoms with Crippen molar-refractivity contribution in [2.45, 2.75) is 82.8 Å². The lowest BCUT2D eigenvalue weighted by molar-refractivity contribution is -0.0287. The predicted molar refractivity (Wildman–Crippen MR) is 160 cm³/mol. The van der Waals surface area contributed by atoms with Gasteiger partial charge in [-0.25, -0.2) is 31.6 Å². The Labute approximate surface area is 249 Å². The highest BCUT2D eigenvalue weighted by Gasteiger charge is 2.45. The molecule has 1 atom stereocenters. The van der Waals surface area contributed by atoms with Crippen molar-refractivity contribution in [3.05, 3.63) is 40.6 Å². The number of rotatable bonds is 9. The van der Waals surface area contributed by atoms with Gasteiger partial charge in [0.1, 0.15) is 17.0 Å². The van der Waals surface area contributed by atoms with Crippen LogP contribution in [0.4, 0.5) is 24.8 Å². The van der Waals surface area contributed by atoms with Crippen molar-refractivity contribution >= 4 is 32.8 Å². The van der Waals surface area contributed by atoms with E-state index in [2.05, 4.69) is 44.0 Å². The largest absolute Gasteiger partial charge is 0.351 e. The van der Waals surface area contributed by atoms with Gasteiger partial charge in [-0.05, 0) is 78.6 Å². The number of fused-ring (bicyclic) bond motifs is 1. The number of aromatic nitrogens is 4. The van der Waals surface area contributed by atoms with E-state index in [-0.39, 0.29) is 42.6 Å². The topological polar surface area (TPSA) is 122 Å². The van der Waals surface area contributed by atoms with Gasteiger partial charge >= 0.3 is 0 Å². The lowest BCUT2D eigenvalue weighted by Crippen LogP contribution is -2.36. The summed E-state index contributed by atoms with van der Waals surface area (Å²) >= 11 is 0. The van der Waals surface area contributed by atoms with Gasteiger partial charge in [0, 0.05) is 36.0 Å². The van der Waals surface area contributed by atoms with Crippen LogP contribution in [0, 0.1) is 11.7 Å². The molecule has 2 aliphatic carbocycles. The summed E-state index contributed by atoms with van der Waals surface area (Å²) < 4.78 is 71.8. The van der Waals surface area contributed by atoms with Crippen molar-refractivity contribution in [1.82, 2.24) is 24.4 Å². The second kappa shape index (κ2) is 12.0. The number of nitrogens with zero attached hydrogens (tertiary/aromatic N) is 5. The first kappa shape index (κ1) is 31.2. The molecular weight excluding hydrogens is 583 g/mol. The molecule has 2 saturated carbocycles. The number of halogens is 3. The lowest BCUT2D eigenvalue weighted by atomic mass is 9.91. The fourth-order valence-electron chi connectivity index (χ4n) is 6.08. The minimum atomic E-state index is -4.24. The third kappa shape index (κ3) is 6.79. The molecule has 0 bridgehead atoms. The van der Waals surface area contributed by atoms with Crippen LogP contribution in [0.15, 0.2) is 29.2 Å². The monoisotopic (exact) mass is 621 g/mol. The first-order valence-corrected chi connectivity index (χ1v) is 16.3. The SMILES string of the molecule is CC(C)n1c(=O)c(-c2ccc(NS(=O)(=O)CC3CCCC3(F)F)c(F)c2)nc2cnc(N[C@H]3CC[C@H](N(C)C)CC3)nc21. The summed E-state index contributed by atoms with van der Waals surface area (Å²) in [7, 11) is -0.0652. The van der Waals surface area contributed by atoms with Crippen LogP contribution in [-0.2, 0) is 10.0 Å². The molecule has 234 valence electrons. The Kier molecular flexibility index (Phi) is 8.72. The summed E-state index contributed by atoms with van der Waals surface area (Å²) in [5.74, 6) is -5.75. The van der Waals surface area contributed by atoms with Crippen molar-refractivity contribution in [3.63, 3.8) is 0 Å². The molecular formula is C29H38F3N7O3S. The molecule has 0 saturated heterocycles. The number of sulfonamides is 1. The van der Waals surface area contributed by atoms with Crippen molar-refractivity contribution in [2.75, 3.05) is 29.9 Å². The van der Waals surface area contributed by atoms with E-state index in [1.807, 2.05) is 13.8 Å². The van der Waals surface area contributed by atoms with E-state index in [4.69, 9.17) is 0 Å². The molecule has 3 aromatic rings. The summed E-state index contributed by atoms with van der Waals surface area (Å²) in [6.45, 7) is 3.66. The Morgan fingerprint density at radius 1 is 1.12 bits per heavy atom. The van der Waals surface area contributed by atoms with Gasteiger partial charge in [-0.1, -0.05) is 6.07 Å². The average Bonchev–Trinajstić information content (AvgIpc) is 3.26. The molecule has 0 spiro atoms. The van der Waals surface area contributed by atoms with Gasteiger partial charge in [0.2, 0.25) is 16.0 Å². The fraction of sp³-hybridized carbons (Fsp3) is 0.586. The van der Waals surface area contributed by atoms with Gasteiger partial charge in [-0.2, -0.15) is 4.98 Å². The molecule has 2 heterocycles. The minimum Gasteiger partial charge on any atom is -0.351 e. The number of benzene rings is 1. The van der Waals surface area contributed by atoms with Crippen molar-refractivity contribution in [2.24, 2.45) is 5.92 Å². The molecule has 2 N–H and O–H groups in total. The van der Waals surface area contributed by atoms with Crippen LogP contribution < -0.4 is 15.6 Å². The molecule has 10 nitrogen and oxygen atoms in total. The van der Waals surface area contributed by atoms with E-state index >= 15 is 4.39 Å². The smallest absolute Gasteiger partial charge is 0.278 e. The normalized spacial score (nSPS) is 22.4. The van der Waals surface area contributed by atoms with Gasteiger partial charge < -0.3 is 10.2 Å². The lowest BCUT2D eigenvalue weighted by Gasteiger charge is -2.32. The van der Waals surface area contributed by atoms with Gasteiger partial charge in [0.15, 0.2) is 5.65 Å². The number of hydrogen-bond donors (Lipinski definition) is 2. The van der Waals surface area contributed by atoms with E-state index in [9.17, 15) is 22.0 Å². The Balaban J connectivity index is 1.39. The summed E-state index contributed by atoms with van der Waals surface area (Å²) in [5, 5.41) is 3.39. The second-order valence-electron chi connectivity index (χ2n) is 12.2. The fourth-order valence-corrected chi connectivity index (χ4v) is 7.61. The molecule has 0 radical (unpaired) electrons. The Morgan fingerprint density at radius 2 is 1.84 bits per heavy atom. The number of nitrogens with one attached hydrogen (secondary N) is 2. The maximum absolute atomic E-state index is 15.1. The van der Waals surface area contributed by atoms with Crippen LogP contribution in [0.3, 0.4) is 0 Å². The summed E-state index contributed by atoms with van der Waals surface area (Å²) in [4.78, 5) is 29.4. The zero-order valence-electron chi connectivity index (χ0n) is 24.8. The van der Waals surface area contributed by atoms with Gasteiger partial charge in [0.25, 0.3) is 11.5 Å². The summed E-state index contributed by atoms with van der Waals surface area (Å²) in [5.41, 5.74) is -0.122. The molecule has 1 aromatic carbocycles. The van der Waals surface area contributed by atoms with Crippen LogP contribution in [0.2, 0.25) is 0 Å². The van der Waals surface area contributed by atoms with Gasteiger partial charge in [-0.15, -0.1) is 0 Å². The van der Waals surface area contributed by atoms with E-state index in [1.54, 1.807) is 0 Å². The zero-order valence-corrected chi connectivity index (χ0v) is 25.6. The quantitative estimate of drug-likeness (QED) is 0.341. The van der Waals surface area contributed by atoms with E-state index in [0.717, 1.165) is 37.8 Å². The molecule has 2 fully saturated rings. The number of anilines is 2. The Hall–Kier alpha value is -3.26. The maximum Gasteiger partial charge on any atom is 0.278 e. The Bertz CT molecular complexity index is 1660. The molecule has 5 rings (SSSR count). The van der Waals surface area contributed by atoms with Crippen LogP contribution >= 0.6 is 0 Å². The molecule has 0 amide bonds. The summed E-state index contributed by atoms with van der Waals surface area (Å²) in [6.07, 6.45) is 5.57. The van der Waals surface area contributed by atoms with Crippen molar-refractivity contribution in [3.8, 4) is 11.3 Å². The van der Waals surface area contributed by atoms with Crippen molar-refractivity contribution in [1.29, 1.82) is 0 Å². The minimum absolute atomic E-state index is 0.0496. The van der Waals surface area contributed by atoms with E-state index in [0.29, 0.717) is 23.2 Å². The standard InChI is InChI=1S/C29H38F3N7O3S/c1-17(2)39-26-24(15-33-28(36-26)34-20-8-10-21(11-9-20)38(3)4)35-25(27(39)40)18-7-12-23(22(30)14-18)37-43(41,42)16-19-6-5-13-29(19,31)32/h7,12,14-15,17,19-21,37H,5-6,8-11,13,16H2,1-4H3,(H,33,34,36)/t19?,20-,21-. The van der Waals surface area contributed by atoms with Gasteiger partial charge in [0.05, 0.1) is 17.6 Å². The van der Waals surface area contributed by atoms with Crippen LogP contribution in [-0.4, -0.2) is 70.7 Å². The van der Waals surface area contributed by atoms with Gasteiger partial charge in [-0.3, -0.25) is 14.1 Å². The molecule has 14 heteroatoms. The molecule has 2 aliphatic rings. The third-order valence-corrected chi connectivity index (χ3v) is 9.87. The molecule has 43 heavy (non-hydrogen) atoms.